The Hall–Kier alpha value is -0.595. The number of rotatable bonds is 8. The van der Waals surface area contributed by atoms with E-state index in [9.17, 15) is 10.2 Å². The molecule has 0 aliphatic carbocycles. The maximum Gasteiger partial charge on any atom is 0.497 e. The van der Waals surface area contributed by atoms with Crippen molar-refractivity contribution < 1.29 is 19.5 Å². The van der Waals surface area contributed by atoms with E-state index in [4.69, 9.17) is 9.31 Å². The van der Waals surface area contributed by atoms with Crippen molar-refractivity contribution in [1.82, 2.24) is 4.98 Å². The van der Waals surface area contributed by atoms with Gasteiger partial charge in [-0.1, -0.05) is 6.07 Å². The van der Waals surface area contributed by atoms with Crippen molar-refractivity contribution in [3.63, 3.8) is 0 Å². The highest BCUT2D eigenvalue weighted by Crippen LogP contribution is 2.31. The van der Waals surface area contributed by atoms with Gasteiger partial charge in [0.15, 0.2) is 0 Å². The Morgan fingerprint density at radius 1 is 0.920 bits per heavy atom. The molecule has 0 aromatic carbocycles. The summed E-state index contributed by atoms with van der Waals surface area (Å²) in [6.45, 7) is 14.1. The van der Waals surface area contributed by atoms with Gasteiger partial charge in [-0.3, -0.25) is 4.98 Å². The van der Waals surface area contributed by atoms with Crippen molar-refractivity contribution in [2.24, 2.45) is 0 Å². The van der Waals surface area contributed by atoms with Gasteiger partial charge in [0, 0.05) is 11.7 Å². The number of hydrogen-bond donors (Lipinski definition) is 2. The highest BCUT2D eigenvalue weighted by Gasteiger charge is 2.46. The molecule has 0 radical (unpaired) electrons. The van der Waals surface area contributed by atoms with Crippen molar-refractivity contribution >= 4 is 24.3 Å². The minimum Gasteiger partial charge on any atom is -0.399 e. The molecule has 0 unspecified atom stereocenters. The molecule has 0 amide bonds. The van der Waals surface area contributed by atoms with Crippen LogP contribution in [0.3, 0.4) is 0 Å². The number of aliphatic hydroxyl groups is 2. The minimum absolute atomic E-state index is 0.768. The maximum atomic E-state index is 10.5. The minimum atomic E-state index is -1.09. The maximum absolute atomic E-state index is 10.5. The van der Waals surface area contributed by atoms with Crippen molar-refractivity contribution in [1.29, 1.82) is 0 Å². The summed E-state index contributed by atoms with van der Waals surface area (Å²) in [5, 5.41) is 21.7. The number of nitrogens with zero attached hydrogens (tertiary/aromatic N) is 1. The molecule has 0 atom stereocenters. The van der Waals surface area contributed by atoms with Gasteiger partial charge in [-0.15, -0.1) is 11.8 Å². The molecule has 0 spiro atoms. The lowest BCUT2D eigenvalue weighted by Crippen LogP contribution is -2.59. The van der Waals surface area contributed by atoms with Crippen LogP contribution in [-0.4, -0.2) is 51.0 Å². The summed E-state index contributed by atoms with van der Waals surface area (Å²) in [5.41, 5.74) is -3.19. The fraction of sp³-hybridized carbons (Fsp3) is 0.722. The quantitative estimate of drug-likeness (QED) is 0.542. The number of pyridine rings is 1. The van der Waals surface area contributed by atoms with E-state index in [2.05, 4.69) is 4.98 Å². The van der Waals surface area contributed by atoms with Gasteiger partial charge in [0.1, 0.15) is 0 Å². The molecular weight excluding hydrogens is 337 g/mol. The second-order valence-electron chi connectivity index (χ2n) is 8.31. The molecule has 5 nitrogen and oxygen atoms in total. The molecular formula is C18H32BNO4S. The third-order valence-corrected chi connectivity index (χ3v) is 5.73. The van der Waals surface area contributed by atoms with E-state index >= 15 is 0 Å². The fourth-order valence-electron chi connectivity index (χ4n) is 1.73. The summed E-state index contributed by atoms with van der Waals surface area (Å²) < 4.78 is 12.5. The molecule has 0 saturated heterocycles. The molecule has 1 aromatic rings. The van der Waals surface area contributed by atoms with Crippen molar-refractivity contribution in [3.05, 3.63) is 18.3 Å². The largest absolute Gasteiger partial charge is 0.497 e. The van der Waals surface area contributed by atoms with E-state index in [-0.39, 0.29) is 0 Å². The Morgan fingerprint density at radius 3 is 1.72 bits per heavy atom. The molecule has 0 aliphatic heterocycles. The number of aromatic nitrogens is 1. The lowest BCUT2D eigenvalue weighted by Gasteiger charge is -2.43. The van der Waals surface area contributed by atoms with Crippen LogP contribution in [0.15, 0.2) is 23.4 Å². The van der Waals surface area contributed by atoms with Gasteiger partial charge >= 0.3 is 7.12 Å². The summed E-state index contributed by atoms with van der Waals surface area (Å²) in [7, 11) is -0.793. The first kappa shape index (κ1) is 22.4. The zero-order chi connectivity index (χ0) is 19.7. The van der Waals surface area contributed by atoms with Gasteiger partial charge in [-0.25, -0.2) is 0 Å². The molecule has 0 saturated carbocycles. The highest BCUT2D eigenvalue weighted by molar-refractivity contribution is 7.98. The molecule has 1 rings (SSSR count). The first-order valence-corrected chi connectivity index (χ1v) is 9.64. The average molecular weight is 369 g/mol. The molecule has 25 heavy (non-hydrogen) atoms. The third-order valence-electron chi connectivity index (χ3n) is 5.00. The van der Waals surface area contributed by atoms with Crippen LogP contribution in [0.5, 0.6) is 0 Å². The summed E-state index contributed by atoms with van der Waals surface area (Å²) in [6.07, 6.45) is 3.65. The Balaban J connectivity index is 3.33. The molecule has 2 N–H and O–H groups in total. The molecule has 0 aliphatic rings. The predicted octanol–water partition coefficient (Wildman–Crippen LogP) is 2.63. The zero-order valence-corrected chi connectivity index (χ0v) is 17.7. The molecule has 0 fully saturated rings. The first-order chi connectivity index (χ1) is 11.1. The predicted molar refractivity (Wildman–Crippen MR) is 104 cm³/mol. The zero-order valence-electron chi connectivity index (χ0n) is 16.9. The highest BCUT2D eigenvalue weighted by atomic mass is 32.2. The van der Waals surface area contributed by atoms with Crippen molar-refractivity contribution in [3.8, 4) is 0 Å². The van der Waals surface area contributed by atoms with Crippen molar-refractivity contribution in [2.75, 3.05) is 6.26 Å². The van der Waals surface area contributed by atoms with Gasteiger partial charge in [0.25, 0.3) is 0 Å². The van der Waals surface area contributed by atoms with Crippen LogP contribution >= 0.6 is 11.8 Å². The Kier molecular flexibility index (Phi) is 6.79. The first-order valence-electron chi connectivity index (χ1n) is 8.42. The molecule has 1 aromatic heterocycles. The van der Waals surface area contributed by atoms with Crippen LogP contribution in [0.25, 0.3) is 0 Å². The van der Waals surface area contributed by atoms with Crippen molar-refractivity contribution in [2.45, 2.75) is 82.8 Å². The van der Waals surface area contributed by atoms with Crippen LogP contribution in [-0.2, 0) is 9.31 Å². The van der Waals surface area contributed by atoms with Gasteiger partial charge in [-0.05, 0) is 67.7 Å². The van der Waals surface area contributed by atoms with Gasteiger partial charge in [0.2, 0.25) is 0 Å². The van der Waals surface area contributed by atoms with Crippen LogP contribution in [0.1, 0.15) is 55.4 Å². The molecule has 7 heteroatoms. The van der Waals surface area contributed by atoms with E-state index in [0.717, 1.165) is 10.5 Å². The fourth-order valence-corrected chi connectivity index (χ4v) is 2.29. The van der Waals surface area contributed by atoms with Crippen LogP contribution in [0, 0.1) is 0 Å². The molecule has 142 valence electrons. The van der Waals surface area contributed by atoms with E-state index in [1.54, 1.807) is 33.9 Å². The second-order valence-corrected chi connectivity index (χ2v) is 9.10. The van der Waals surface area contributed by atoms with Crippen LogP contribution < -0.4 is 5.46 Å². The summed E-state index contributed by atoms with van der Waals surface area (Å²) >= 11 is 1.49. The van der Waals surface area contributed by atoms with E-state index in [1.165, 1.54) is 11.8 Å². The lowest BCUT2D eigenvalue weighted by atomic mass is 9.74. The van der Waals surface area contributed by atoms with Gasteiger partial charge in [0.05, 0.1) is 27.4 Å². The lowest BCUT2D eigenvalue weighted by molar-refractivity contribution is -0.132. The van der Waals surface area contributed by atoms with E-state index in [1.807, 2.05) is 46.1 Å². The normalized spacial score (nSPS) is 13.9. The third kappa shape index (κ3) is 5.44. The smallest absolute Gasteiger partial charge is 0.399 e. The van der Waals surface area contributed by atoms with Gasteiger partial charge in [-0.2, -0.15) is 0 Å². The summed E-state index contributed by atoms with van der Waals surface area (Å²) in [4.78, 5) is 4.38. The topological polar surface area (TPSA) is 71.8 Å². The Bertz CT molecular complexity index is 551. The Morgan fingerprint density at radius 2 is 1.36 bits per heavy atom. The SMILES string of the molecule is CSc1ncccc1B(OC(C)(C)C(C)(C)O)OC(C)(C)C(C)(C)O. The van der Waals surface area contributed by atoms with E-state index in [0.29, 0.717) is 0 Å². The second kappa shape index (κ2) is 7.57. The Labute approximate surface area is 156 Å². The standard InChI is InChI=1S/C18H32BNO4S/c1-15(2,21)17(5,6)23-19(24-18(7,8)16(3,4)22)13-11-10-12-20-14(13)25-9/h10-12,21-22H,1-9H3. The number of hydrogen-bond acceptors (Lipinski definition) is 6. The monoisotopic (exact) mass is 369 g/mol. The number of thioether (sulfide) groups is 1. The van der Waals surface area contributed by atoms with Gasteiger partial charge < -0.3 is 19.5 Å². The summed E-state index contributed by atoms with van der Waals surface area (Å²) in [5.74, 6) is 0. The van der Waals surface area contributed by atoms with Crippen LogP contribution in [0.4, 0.5) is 0 Å². The van der Waals surface area contributed by atoms with E-state index < -0.39 is 29.5 Å². The molecule has 0 bridgehead atoms. The summed E-state index contributed by atoms with van der Waals surface area (Å²) in [6, 6.07) is 3.72. The van der Waals surface area contributed by atoms with Crippen LogP contribution in [0.2, 0.25) is 0 Å². The molecule has 1 heterocycles. The average Bonchev–Trinajstić information content (AvgIpc) is 2.43.